The Labute approximate surface area is 141 Å². The van der Waals surface area contributed by atoms with Crippen LogP contribution in [0.3, 0.4) is 0 Å². The Morgan fingerprint density at radius 1 is 1.29 bits per heavy atom. The van der Waals surface area contributed by atoms with Gasteiger partial charge in [0.25, 0.3) is 0 Å². The highest BCUT2D eigenvalue weighted by molar-refractivity contribution is 6.01. The van der Waals surface area contributed by atoms with Crippen molar-refractivity contribution < 1.29 is 24.7 Å². The quantitative estimate of drug-likeness (QED) is 0.261. The predicted molar refractivity (Wildman–Crippen MR) is 87.6 cm³/mol. The Morgan fingerprint density at radius 3 is 2.46 bits per heavy atom. The summed E-state index contributed by atoms with van der Waals surface area (Å²) in [5.41, 5.74) is 0.377. The van der Waals surface area contributed by atoms with E-state index in [1.807, 2.05) is 6.92 Å². The SMILES string of the molecule is CCCCC(CN(O)C=O)C(=O)NC(C)C(=O)c1ccc(O)cc1. The Hall–Kier alpha value is -2.41. The van der Waals surface area contributed by atoms with E-state index in [4.69, 9.17) is 0 Å². The summed E-state index contributed by atoms with van der Waals surface area (Å²) in [4.78, 5) is 35.2. The first-order valence-electron chi connectivity index (χ1n) is 7.93. The van der Waals surface area contributed by atoms with Gasteiger partial charge in [-0.05, 0) is 37.6 Å². The normalized spacial score (nSPS) is 13.0. The number of hydroxylamine groups is 2. The van der Waals surface area contributed by atoms with Gasteiger partial charge in [-0.15, -0.1) is 0 Å². The van der Waals surface area contributed by atoms with Gasteiger partial charge in [-0.1, -0.05) is 19.8 Å². The second kappa shape index (κ2) is 9.67. The minimum Gasteiger partial charge on any atom is -0.508 e. The molecule has 0 radical (unpaired) electrons. The van der Waals surface area contributed by atoms with Gasteiger partial charge in [0, 0.05) is 5.56 Å². The molecule has 0 aliphatic rings. The lowest BCUT2D eigenvalue weighted by molar-refractivity contribution is -0.154. The number of carbonyl (C=O) groups is 3. The van der Waals surface area contributed by atoms with Crippen LogP contribution in [0.1, 0.15) is 43.5 Å². The Morgan fingerprint density at radius 2 is 1.92 bits per heavy atom. The molecule has 1 rings (SSSR count). The third-order valence-corrected chi connectivity index (χ3v) is 3.71. The third-order valence-electron chi connectivity index (χ3n) is 3.71. The number of amides is 2. The molecule has 0 saturated heterocycles. The fraction of sp³-hybridized carbons (Fsp3) is 0.471. The fourth-order valence-electron chi connectivity index (χ4n) is 2.30. The van der Waals surface area contributed by atoms with Gasteiger partial charge in [0.2, 0.25) is 12.3 Å². The van der Waals surface area contributed by atoms with Crippen molar-refractivity contribution in [1.29, 1.82) is 0 Å². The van der Waals surface area contributed by atoms with E-state index >= 15 is 0 Å². The number of ketones is 1. The summed E-state index contributed by atoms with van der Waals surface area (Å²) in [7, 11) is 0. The second-order valence-corrected chi connectivity index (χ2v) is 5.71. The van der Waals surface area contributed by atoms with Crippen molar-refractivity contribution >= 4 is 18.1 Å². The lowest BCUT2D eigenvalue weighted by Gasteiger charge is -2.21. The van der Waals surface area contributed by atoms with Gasteiger partial charge in [0.1, 0.15) is 5.75 Å². The van der Waals surface area contributed by atoms with E-state index in [-0.39, 0.29) is 30.4 Å². The molecule has 7 nitrogen and oxygen atoms in total. The molecule has 2 unspecified atom stereocenters. The zero-order chi connectivity index (χ0) is 18.1. The number of benzene rings is 1. The number of phenols is 1. The molecule has 0 aromatic heterocycles. The van der Waals surface area contributed by atoms with Crippen LogP contribution >= 0.6 is 0 Å². The number of carbonyl (C=O) groups excluding carboxylic acids is 3. The molecule has 2 amide bonds. The number of nitrogens with one attached hydrogen (secondary N) is 1. The number of phenolic OH excluding ortho intramolecular Hbond substituents is 1. The predicted octanol–water partition coefficient (Wildman–Crippen LogP) is 1.73. The summed E-state index contributed by atoms with van der Waals surface area (Å²) in [5.74, 6) is -1.20. The smallest absolute Gasteiger partial charge is 0.233 e. The minimum atomic E-state index is -0.755. The van der Waals surface area contributed by atoms with E-state index in [0.29, 0.717) is 17.0 Å². The molecule has 0 saturated carbocycles. The van der Waals surface area contributed by atoms with Gasteiger partial charge in [-0.2, -0.15) is 0 Å². The molecule has 2 atom stereocenters. The molecule has 0 heterocycles. The summed E-state index contributed by atoms with van der Waals surface area (Å²) in [5, 5.41) is 21.6. The molecule has 3 N–H and O–H groups in total. The number of rotatable bonds is 10. The molecule has 0 spiro atoms. The fourth-order valence-corrected chi connectivity index (χ4v) is 2.30. The van der Waals surface area contributed by atoms with Crippen molar-refractivity contribution in [3.8, 4) is 5.75 Å². The maximum absolute atomic E-state index is 12.3. The van der Waals surface area contributed by atoms with Crippen LogP contribution in [-0.4, -0.2) is 46.1 Å². The highest BCUT2D eigenvalue weighted by atomic mass is 16.5. The van der Waals surface area contributed by atoms with Gasteiger partial charge in [-0.25, -0.2) is 5.06 Å². The monoisotopic (exact) mass is 336 g/mol. The van der Waals surface area contributed by atoms with Crippen molar-refractivity contribution in [2.24, 2.45) is 5.92 Å². The average molecular weight is 336 g/mol. The van der Waals surface area contributed by atoms with E-state index < -0.39 is 12.0 Å². The van der Waals surface area contributed by atoms with Crippen LogP contribution in [0.2, 0.25) is 0 Å². The van der Waals surface area contributed by atoms with Crippen LogP contribution in [0.15, 0.2) is 24.3 Å². The van der Waals surface area contributed by atoms with Crippen molar-refractivity contribution in [3.63, 3.8) is 0 Å². The van der Waals surface area contributed by atoms with Crippen LogP contribution in [0, 0.1) is 5.92 Å². The largest absolute Gasteiger partial charge is 0.508 e. The number of nitrogens with zero attached hydrogens (tertiary/aromatic N) is 1. The molecule has 1 aromatic carbocycles. The lowest BCUT2D eigenvalue weighted by Crippen LogP contribution is -2.44. The van der Waals surface area contributed by atoms with E-state index in [0.717, 1.165) is 12.8 Å². The molecule has 7 heteroatoms. The van der Waals surface area contributed by atoms with Gasteiger partial charge in [-0.3, -0.25) is 19.6 Å². The Balaban J connectivity index is 2.71. The van der Waals surface area contributed by atoms with Crippen LogP contribution in [-0.2, 0) is 9.59 Å². The first-order chi connectivity index (χ1) is 11.4. The van der Waals surface area contributed by atoms with Crippen molar-refractivity contribution in [2.75, 3.05) is 6.54 Å². The zero-order valence-corrected chi connectivity index (χ0v) is 13.9. The van der Waals surface area contributed by atoms with E-state index in [9.17, 15) is 24.7 Å². The van der Waals surface area contributed by atoms with E-state index in [1.54, 1.807) is 6.92 Å². The average Bonchev–Trinajstić information content (AvgIpc) is 2.58. The molecule has 132 valence electrons. The summed E-state index contributed by atoms with van der Waals surface area (Å²) < 4.78 is 0. The van der Waals surface area contributed by atoms with Crippen LogP contribution < -0.4 is 5.32 Å². The molecule has 0 aliphatic heterocycles. The Bertz CT molecular complexity index is 559. The first kappa shape index (κ1) is 19.6. The van der Waals surface area contributed by atoms with Gasteiger partial charge >= 0.3 is 0 Å². The van der Waals surface area contributed by atoms with Crippen LogP contribution in [0.25, 0.3) is 0 Å². The van der Waals surface area contributed by atoms with Crippen LogP contribution in [0.5, 0.6) is 5.75 Å². The zero-order valence-electron chi connectivity index (χ0n) is 13.9. The maximum Gasteiger partial charge on any atom is 0.233 e. The van der Waals surface area contributed by atoms with Gasteiger partial charge < -0.3 is 10.4 Å². The van der Waals surface area contributed by atoms with Crippen molar-refractivity contribution in [2.45, 2.75) is 39.2 Å². The number of hydrogen-bond donors (Lipinski definition) is 3. The molecule has 0 bridgehead atoms. The molecule has 0 fully saturated rings. The molecule has 24 heavy (non-hydrogen) atoms. The standard InChI is InChI=1S/C17H24N2O5/c1-3-4-5-14(10-19(24)11-20)17(23)18-12(2)16(22)13-6-8-15(21)9-7-13/h6-9,11-12,14,21,24H,3-5,10H2,1-2H3,(H,18,23). The number of aromatic hydroxyl groups is 1. The molecular weight excluding hydrogens is 312 g/mol. The van der Waals surface area contributed by atoms with Crippen molar-refractivity contribution in [1.82, 2.24) is 10.4 Å². The summed E-state index contributed by atoms with van der Waals surface area (Å²) in [6.45, 7) is 3.43. The van der Waals surface area contributed by atoms with Gasteiger partial charge in [0.05, 0.1) is 18.5 Å². The number of unbranched alkanes of at least 4 members (excludes halogenated alkanes) is 1. The molecular formula is C17H24N2O5. The number of hydrogen-bond acceptors (Lipinski definition) is 5. The van der Waals surface area contributed by atoms with E-state index in [2.05, 4.69) is 5.32 Å². The Kier molecular flexibility index (Phi) is 7.91. The highest BCUT2D eigenvalue weighted by Crippen LogP contribution is 2.13. The summed E-state index contributed by atoms with van der Waals surface area (Å²) in [6, 6.07) is 5.02. The van der Waals surface area contributed by atoms with Gasteiger partial charge in [0.15, 0.2) is 5.78 Å². The summed E-state index contributed by atoms with van der Waals surface area (Å²) in [6.07, 6.45) is 2.40. The molecule has 0 aliphatic carbocycles. The highest BCUT2D eigenvalue weighted by Gasteiger charge is 2.24. The maximum atomic E-state index is 12.3. The van der Waals surface area contributed by atoms with Crippen molar-refractivity contribution in [3.05, 3.63) is 29.8 Å². The molecule has 1 aromatic rings. The number of Topliss-reactive ketones (excluding diaryl/α,β-unsaturated/α-hetero) is 1. The lowest BCUT2D eigenvalue weighted by atomic mass is 9.99. The second-order valence-electron chi connectivity index (χ2n) is 5.71. The summed E-state index contributed by atoms with van der Waals surface area (Å²) >= 11 is 0. The minimum absolute atomic E-state index is 0.0553. The first-order valence-corrected chi connectivity index (χ1v) is 7.93. The third kappa shape index (κ3) is 6.00. The topological polar surface area (TPSA) is 107 Å². The van der Waals surface area contributed by atoms with Crippen LogP contribution in [0.4, 0.5) is 0 Å². The van der Waals surface area contributed by atoms with E-state index in [1.165, 1.54) is 24.3 Å².